The molecule has 0 radical (unpaired) electrons. The summed E-state index contributed by atoms with van der Waals surface area (Å²) in [6.07, 6.45) is 2.23. The van der Waals surface area contributed by atoms with Crippen LogP contribution in [-0.2, 0) is 6.42 Å². The van der Waals surface area contributed by atoms with Crippen molar-refractivity contribution >= 4 is 0 Å². The van der Waals surface area contributed by atoms with Gasteiger partial charge in [0.05, 0.1) is 0 Å². The molecular weight excluding hydrogens is 288 g/mol. The molecule has 0 amide bonds. The van der Waals surface area contributed by atoms with Crippen LogP contribution in [0.1, 0.15) is 47.4 Å². The number of aryl methyl sites for hydroxylation is 1. The fraction of sp³-hybridized carbons (Fsp3) is 0.250. The fourth-order valence-corrected chi connectivity index (χ4v) is 3.71. The van der Waals surface area contributed by atoms with Crippen molar-refractivity contribution in [3.63, 3.8) is 0 Å². The van der Waals surface area contributed by atoms with Crippen LogP contribution in [0.3, 0.4) is 0 Å². The Hall–Kier alpha value is -2.34. The highest BCUT2D eigenvalue weighted by molar-refractivity contribution is 5.33. The summed E-state index contributed by atoms with van der Waals surface area (Å²) < 4.78 is 0. The summed E-state index contributed by atoms with van der Waals surface area (Å²) in [6, 6.07) is 30.9. The highest BCUT2D eigenvalue weighted by Gasteiger charge is 2.23. The van der Waals surface area contributed by atoms with Gasteiger partial charge in [0.2, 0.25) is 0 Å². The van der Waals surface area contributed by atoms with Gasteiger partial charge in [0.15, 0.2) is 0 Å². The lowest BCUT2D eigenvalue weighted by Gasteiger charge is -2.28. The highest BCUT2D eigenvalue weighted by atomic mass is 14.3. The van der Waals surface area contributed by atoms with Crippen molar-refractivity contribution in [1.29, 1.82) is 0 Å². The van der Waals surface area contributed by atoms with Crippen LogP contribution in [0.25, 0.3) is 0 Å². The van der Waals surface area contributed by atoms with E-state index in [0.717, 1.165) is 12.8 Å². The topological polar surface area (TPSA) is 0 Å². The molecule has 0 aliphatic rings. The molecule has 0 aliphatic heterocycles. The van der Waals surface area contributed by atoms with E-state index in [1.807, 2.05) is 0 Å². The molecule has 122 valence electrons. The maximum Gasteiger partial charge on any atom is -0.00527 e. The SMILES string of the molecule is CCC(c1cccc(C)c1)C(Cc1ccccc1)c1ccccc1. The first-order valence-electron chi connectivity index (χ1n) is 8.93. The van der Waals surface area contributed by atoms with Crippen LogP contribution in [0.5, 0.6) is 0 Å². The summed E-state index contributed by atoms with van der Waals surface area (Å²) in [5, 5.41) is 0. The zero-order valence-electron chi connectivity index (χ0n) is 14.7. The van der Waals surface area contributed by atoms with Crippen molar-refractivity contribution in [2.75, 3.05) is 0 Å². The van der Waals surface area contributed by atoms with Crippen LogP contribution in [0.15, 0.2) is 84.9 Å². The minimum Gasteiger partial charge on any atom is -0.0648 e. The Kier molecular flexibility index (Phi) is 5.48. The van der Waals surface area contributed by atoms with Crippen LogP contribution < -0.4 is 0 Å². The van der Waals surface area contributed by atoms with E-state index in [4.69, 9.17) is 0 Å². The Morgan fingerprint density at radius 1 is 0.667 bits per heavy atom. The quantitative estimate of drug-likeness (QED) is 0.486. The molecule has 0 saturated heterocycles. The van der Waals surface area contributed by atoms with Crippen molar-refractivity contribution in [2.45, 2.75) is 38.5 Å². The van der Waals surface area contributed by atoms with Crippen LogP contribution >= 0.6 is 0 Å². The van der Waals surface area contributed by atoms with Crippen molar-refractivity contribution in [2.24, 2.45) is 0 Å². The van der Waals surface area contributed by atoms with Gasteiger partial charge >= 0.3 is 0 Å². The summed E-state index contributed by atoms with van der Waals surface area (Å²) in [7, 11) is 0. The van der Waals surface area contributed by atoms with Gasteiger partial charge in [-0.2, -0.15) is 0 Å². The van der Waals surface area contributed by atoms with Crippen molar-refractivity contribution in [1.82, 2.24) is 0 Å². The second-order valence-electron chi connectivity index (χ2n) is 6.64. The molecule has 0 N–H and O–H groups in total. The van der Waals surface area contributed by atoms with Crippen LogP contribution in [0, 0.1) is 6.92 Å². The molecule has 2 atom stereocenters. The third-order valence-electron chi connectivity index (χ3n) is 4.92. The summed E-state index contributed by atoms with van der Waals surface area (Å²) in [4.78, 5) is 0. The van der Waals surface area contributed by atoms with Gasteiger partial charge in [0, 0.05) is 0 Å². The second kappa shape index (κ2) is 7.97. The van der Waals surface area contributed by atoms with E-state index in [-0.39, 0.29) is 0 Å². The molecule has 3 rings (SSSR count). The monoisotopic (exact) mass is 314 g/mol. The Morgan fingerprint density at radius 2 is 1.29 bits per heavy atom. The smallest absolute Gasteiger partial charge is 0.00527 e. The highest BCUT2D eigenvalue weighted by Crippen LogP contribution is 2.38. The van der Waals surface area contributed by atoms with Gasteiger partial charge in [0.25, 0.3) is 0 Å². The maximum atomic E-state index is 2.36. The van der Waals surface area contributed by atoms with Gasteiger partial charge in [-0.05, 0) is 48.3 Å². The zero-order valence-corrected chi connectivity index (χ0v) is 14.7. The first kappa shape index (κ1) is 16.5. The van der Waals surface area contributed by atoms with E-state index in [2.05, 4.69) is 98.8 Å². The standard InChI is InChI=1S/C24H26/c1-3-23(22-16-10-11-19(2)17-22)24(21-14-8-5-9-15-21)18-20-12-6-4-7-13-20/h4-17,23-24H,3,18H2,1-2H3. The predicted molar refractivity (Wildman–Crippen MR) is 104 cm³/mol. The molecule has 3 aromatic carbocycles. The Bertz CT molecular complexity index is 743. The molecule has 0 aliphatic carbocycles. The summed E-state index contributed by atoms with van der Waals surface area (Å²) in [5.41, 5.74) is 5.66. The number of hydrogen-bond acceptors (Lipinski definition) is 0. The maximum absolute atomic E-state index is 2.36. The minimum absolute atomic E-state index is 0.500. The van der Waals surface area contributed by atoms with Crippen LogP contribution in [0.4, 0.5) is 0 Å². The first-order chi connectivity index (χ1) is 11.8. The third kappa shape index (κ3) is 3.94. The minimum atomic E-state index is 0.500. The predicted octanol–water partition coefficient (Wildman–Crippen LogP) is 6.52. The Labute approximate surface area is 146 Å². The summed E-state index contributed by atoms with van der Waals surface area (Å²) in [6.45, 7) is 4.50. The molecule has 0 heteroatoms. The van der Waals surface area contributed by atoms with E-state index in [9.17, 15) is 0 Å². The van der Waals surface area contributed by atoms with E-state index in [1.165, 1.54) is 22.3 Å². The molecule has 0 fully saturated rings. The lowest BCUT2D eigenvalue weighted by atomic mass is 9.76. The third-order valence-corrected chi connectivity index (χ3v) is 4.92. The lowest BCUT2D eigenvalue weighted by Crippen LogP contribution is -2.14. The number of rotatable bonds is 6. The average Bonchev–Trinajstić information content (AvgIpc) is 2.63. The van der Waals surface area contributed by atoms with E-state index < -0.39 is 0 Å². The van der Waals surface area contributed by atoms with Crippen molar-refractivity contribution < 1.29 is 0 Å². The van der Waals surface area contributed by atoms with Gasteiger partial charge < -0.3 is 0 Å². The largest absolute Gasteiger partial charge is 0.0648 e. The van der Waals surface area contributed by atoms with Gasteiger partial charge in [-0.3, -0.25) is 0 Å². The van der Waals surface area contributed by atoms with E-state index in [1.54, 1.807) is 0 Å². The molecule has 0 nitrogen and oxygen atoms in total. The van der Waals surface area contributed by atoms with Crippen molar-refractivity contribution in [3.8, 4) is 0 Å². The van der Waals surface area contributed by atoms with E-state index >= 15 is 0 Å². The molecule has 0 saturated carbocycles. The molecule has 0 bridgehead atoms. The van der Waals surface area contributed by atoms with Crippen LogP contribution in [0.2, 0.25) is 0 Å². The van der Waals surface area contributed by atoms with Crippen LogP contribution in [-0.4, -0.2) is 0 Å². The van der Waals surface area contributed by atoms with Crippen molar-refractivity contribution in [3.05, 3.63) is 107 Å². The molecule has 24 heavy (non-hydrogen) atoms. The number of benzene rings is 3. The normalized spacial score (nSPS) is 13.4. The Balaban J connectivity index is 1.99. The van der Waals surface area contributed by atoms with Gasteiger partial charge in [-0.1, -0.05) is 97.4 Å². The molecule has 2 unspecified atom stereocenters. The summed E-state index contributed by atoms with van der Waals surface area (Å²) >= 11 is 0. The molecule has 0 spiro atoms. The Morgan fingerprint density at radius 3 is 1.92 bits per heavy atom. The average molecular weight is 314 g/mol. The fourth-order valence-electron chi connectivity index (χ4n) is 3.71. The van der Waals surface area contributed by atoms with Gasteiger partial charge in [-0.15, -0.1) is 0 Å². The molecular formula is C24H26. The molecule has 3 aromatic rings. The van der Waals surface area contributed by atoms with Gasteiger partial charge in [-0.25, -0.2) is 0 Å². The zero-order chi connectivity index (χ0) is 16.8. The first-order valence-corrected chi connectivity index (χ1v) is 8.93. The van der Waals surface area contributed by atoms with E-state index in [0.29, 0.717) is 11.8 Å². The summed E-state index contributed by atoms with van der Waals surface area (Å²) in [5.74, 6) is 1.04. The number of hydrogen-bond donors (Lipinski definition) is 0. The lowest BCUT2D eigenvalue weighted by molar-refractivity contribution is 0.520. The molecule has 0 heterocycles. The molecule has 0 aromatic heterocycles. The van der Waals surface area contributed by atoms with Gasteiger partial charge in [0.1, 0.15) is 0 Å². The second-order valence-corrected chi connectivity index (χ2v) is 6.64.